The van der Waals surface area contributed by atoms with Crippen molar-refractivity contribution in [1.29, 1.82) is 0 Å². The second kappa shape index (κ2) is 11.8. The summed E-state index contributed by atoms with van der Waals surface area (Å²) in [6, 6.07) is 16.1. The summed E-state index contributed by atoms with van der Waals surface area (Å²) < 4.78 is 21.6. The lowest BCUT2D eigenvalue weighted by Crippen LogP contribution is -2.33. The summed E-state index contributed by atoms with van der Waals surface area (Å²) in [5.41, 5.74) is 2.76. The van der Waals surface area contributed by atoms with Gasteiger partial charge in [0.15, 0.2) is 0 Å². The predicted octanol–water partition coefficient (Wildman–Crippen LogP) is 5.78. The van der Waals surface area contributed by atoms with E-state index in [1.54, 1.807) is 16.8 Å². The van der Waals surface area contributed by atoms with E-state index in [0.29, 0.717) is 24.7 Å². The molecule has 5 nitrogen and oxygen atoms in total. The Balaban J connectivity index is 1.96. The largest absolute Gasteiger partial charge is 0.439 e. The highest BCUT2D eigenvalue weighted by Crippen LogP contribution is 2.34. The van der Waals surface area contributed by atoms with E-state index >= 15 is 0 Å². The molecule has 1 atom stereocenters. The molecule has 0 unspecified atom stereocenters. The zero-order chi connectivity index (χ0) is 22.9. The first-order valence-corrected chi connectivity index (χ1v) is 11.5. The molecule has 0 bridgehead atoms. The Morgan fingerprint density at radius 1 is 1.09 bits per heavy atom. The van der Waals surface area contributed by atoms with E-state index < -0.39 is 0 Å². The van der Waals surface area contributed by atoms with Crippen LogP contribution < -0.4 is 4.74 Å². The van der Waals surface area contributed by atoms with Crippen LogP contribution in [-0.4, -0.2) is 39.0 Å². The highest BCUT2D eigenvalue weighted by molar-refractivity contribution is 5.65. The van der Waals surface area contributed by atoms with Gasteiger partial charge in [0, 0.05) is 31.8 Å². The Morgan fingerprint density at radius 3 is 2.56 bits per heavy atom. The molecule has 0 aliphatic carbocycles. The number of unbranched alkanes of at least 4 members (excludes halogenated alkanes) is 1. The van der Waals surface area contributed by atoms with Gasteiger partial charge in [0.1, 0.15) is 17.3 Å². The molecule has 0 aliphatic rings. The standard InChI is InChI=1S/C26H34FN3O2/c1-4-6-14-22(31)18-30(16-5-2)19-24-25(20-11-8-7-9-12-20)28-29(3)26(24)32-23-15-10-13-21(27)17-23/h7-13,15,17,22,31H,4-6,14,16,18-19H2,1-3H3/t22-/m0/s1. The molecule has 0 aliphatic heterocycles. The Labute approximate surface area is 190 Å². The molecule has 172 valence electrons. The van der Waals surface area contributed by atoms with Crippen LogP contribution in [0, 0.1) is 5.82 Å². The van der Waals surface area contributed by atoms with Crippen LogP contribution in [0.5, 0.6) is 11.6 Å². The minimum atomic E-state index is -0.370. The molecule has 0 saturated heterocycles. The van der Waals surface area contributed by atoms with Crippen molar-refractivity contribution < 1.29 is 14.2 Å². The number of rotatable bonds is 12. The van der Waals surface area contributed by atoms with Crippen molar-refractivity contribution in [3.05, 3.63) is 66.0 Å². The minimum absolute atomic E-state index is 0.346. The zero-order valence-corrected chi connectivity index (χ0v) is 19.3. The third-order valence-corrected chi connectivity index (χ3v) is 5.43. The number of ether oxygens (including phenoxy) is 1. The summed E-state index contributed by atoms with van der Waals surface area (Å²) in [7, 11) is 1.84. The number of aryl methyl sites for hydroxylation is 1. The maximum atomic E-state index is 13.8. The maximum absolute atomic E-state index is 13.8. The van der Waals surface area contributed by atoms with Crippen molar-refractivity contribution in [2.45, 2.75) is 52.2 Å². The summed E-state index contributed by atoms with van der Waals surface area (Å²) in [5.74, 6) is 0.665. The molecule has 3 aromatic rings. The second-order valence-electron chi connectivity index (χ2n) is 8.21. The highest BCUT2D eigenvalue weighted by Gasteiger charge is 2.23. The molecule has 3 rings (SSSR count). The van der Waals surface area contributed by atoms with E-state index in [-0.39, 0.29) is 11.9 Å². The minimum Gasteiger partial charge on any atom is -0.439 e. The fourth-order valence-corrected chi connectivity index (χ4v) is 3.90. The summed E-state index contributed by atoms with van der Waals surface area (Å²) in [6.45, 7) is 6.30. The van der Waals surface area contributed by atoms with Crippen molar-refractivity contribution in [2.75, 3.05) is 13.1 Å². The molecule has 0 spiro atoms. The van der Waals surface area contributed by atoms with Gasteiger partial charge in [-0.25, -0.2) is 9.07 Å². The normalized spacial score (nSPS) is 12.3. The lowest BCUT2D eigenvalue weighted by molar-refractivity contribution is 0.0992. The van der Waals surface area contributed by atoms with Crippen LogP contribution in [0.1, 0.15) is 45.1 Å². The number of hydrogen-bond acceptors (Lipinski definition) is 4. The van der Waals surface area contributed by atoms with Crippen molar-refractivity contribution in [3.8, 4) is 22.9 Å². The van der Waals surface area contributed by atoms with Crippen LogP contribution in [0.4, 0.5) is 4.39 Å². The number of aliphatic hydroxyl groups excluding tert-OH is 1. The molecule has 0 radical (unpaired) electrons. The summed E-state index contributed by atoms with van der Waals surface area (Å²) >= 11 is 0. The fraction of sp³-hybridized carbons (Fsp3) is 0.423. The van der Waals surface area contributed by atoms with Gasteiger partial charge in [-0.1, -0.05) is 63.1 Å². The summed E-state index contributed by atoms with van der Waals surface area (Å²) in [6.07, 6.45) is 3.48. The molecule has 0 fully saturated rings. The van der Waals surface area contributed by atoms with Crippen molar-refractivity contribution in [2.24, 2.45) is 7.05 Å². The zero-order valence-electron chi connectivity index (χ0n) is 19.3. The molecular weight excluding hydrogens is 405 g/mol. The fourth-order valence-electron chi connectivity index (χ4n) is 3.90. The van der Waals surface area contributed by atoms with Crippen LogP contribution in [-0.2, 0) is 13.6 Å². The Morgan fingerprint density at radius 2 is 1.88 bits per heavy atom. The average Bonchev–Trinajstić information content (AvgIpc) is 3.08. The van der Waals surface area contributed by atoms with Crippen LogP contribution in [0.25, 0.3) is 11.3 Å². The van der Waals surface area contributed by atoms with Gasteiger partial charge in [-0.05, 0) is 31.5 Å². The van der Waals surface area contributed by atoms with Crippen LogP contribution in [0.15, 0.2) is 54.6 Å². The molecule has 0 saturated carbocycles. The molecule has 6 heteroatoms. The number of aliphatic hydroxyl groups is 1. The number of nitrogens with zero attached hydrogens (tertiary/aromatic N) is 3. The van der Waals surface area contributed by atoms with E-state index in [1.165, 1.54) is 12.1 Å². The van der Waals surface area contributed by atoms with E-state index in [2.05, 4.69) is 18.7 Å². The van der Waals surface area contributed by atoms with Gasteiger partial charge in [-0.3, -0.25) is 4.90 Å². The maximum Gasteiger partial charge on any atom is 0.222 e. The molecule has 2 aromatic carbocycles. The number of benzene rings is 2. The number of halogens is 1. The smallest absolute Gasteiger partial charge is 0.222 e. The van der Waals surface area contributed by atoms with Gasteiger partial charge < -0.3 is 9.84 Å². The lowest BCUT2D eigenvalue weighted by Gasteiger charge is -2.25. The first-order valence-electron chi connectivity index (χ1n) is 11.5. The van der Waals surface area contributed by atoms with Gasteiger partial charge in [0.25, 0.3) is 0 Å². The highest BCUT2D eigenvalue weighted by atomic mass is 19.1. The monoisotopic (exact) mass is 439 g/mol. The Bertz CT molecular complexity index is 974. The molecule has 0 amide bonds. The molecular formula is C26H34FN3O2. The van der Waals surface area contributed by atoms with Gasteiger partial charge in [-0.2, -0.15) is 5.10 Å². The summed E-state index contributed by atoms with van der Waals surface area (Å²) in [4.78, 5) is 2.25. The van der Waals surface area contributed by atoms with Crippen LogP contribution >= 0.6 is 0 Å². The summed E-state index contributed by atoms with van der Waals surface area (Å²) in [5, 5.41) is 15.3. The van der Waals surface area contributed by atoms with Gasteiger partial charge in [0.2, 0.25) is 5.88 Å². The lowest BCUT2D eigenvalue weighted by atomic mass is 10.1. The van der Waals surface area contributed by atoms with E-state index in [0.717, 1.165) is 49.0 Å². The van der Waals surface area contributed by atoms with Crippen molar-refractivity contribution >= 4 is 0 Å². The van der Waals surface area contributed by atoms with Gasteiger partial charge >= 0.3 is 0 Å². The predicted molar refractivity (Wildman–Crippen MR) is 126 cm³/mol. The number of aromatic nitrogens is 2. The second-order valence-corrected chi connectivity index (χ2v) is 8.21. The first kappa shape index (κ1) is 24.0. The van der Waals surface area contributed by atoms with Crippen molar-refractivity contribution in [3.63, 3.8) is 0 Å². The topological polar surface area (TPSA) is 50.5 Å². The molecule has 1 N–H and O–H groups in total. The van der Waals surface area contributed by atoms with E-state index in [9.17, 15) is 9.50 Å². The number of hydrogen-bond donors (Lipinski definition) is 1. The van der Waals surface area contributed by atoms with Gasteiger partial charge in [-0.15, -0.1) is 0 Å². The van der Waals surface area contributed by atoms with Crippen LogP contribution in [0.2, 0.25) is 0 Å². The first-order chi connectivity index (χ1) is 15.5. The van der Waals surface area contributed by atoms with Crippen LogP contribution in [0.3, 0.4) is 0 Å². The molecule has 1 heterocycles. The molecule has 1 aromatic heterocycles. The van der Waals surface area contributed by atoms with Gasteiger partial charge in [0.05, 0.1) is 11.7 Å². The van der Waals surface area contributed by atoms with Crippen molar-refractivity contribution in [1.82, 2.24) is 14.7 Å². The Kier molecular flexibility index (Phi) is 8.82. The third kappa shape index (κ3) is 6.40. The third-order valence-electron chi connectivity index (χ3n) is 5.43. The van der Waals surface area contributed by atoms with E-state index in [4.69, 9.17) is 9.84 Å². The Hall–Kier alpha value is -2.70. The average molecular weight is 440 g/mol. The van der Waals surface area contributed by atoms with E-state index in [1.807, 2.05) is 37.4 Å². The molecule has 32 heavy (non-hydrogen) atoms. The quantitative estimate of drug-likeness (QED) is 0.389. The SMILES string of the molecule is CCCC[C@H](O)CN(CCC)Cc1c(-c2ccccc2)nn(C)c1Oc1cccc(F)c1.